The minimum Gasteiger partial charge on any atom is -0.397 e. The van der Waals surface area contributed by atoms with Crippen LogP contribution in [0.2, 0.25) is 5.02 Å². The first kappa shape index (κ1) is 13.0. The van der Waals surface area contributed by atoms with Gasteiger partial charge in [-0.3, -0.25) is 0 Å². The Morgan fingerprint density at radius 1 is 1.69 bits per heavy atom. The first-order valence-electron chi connectivity index (χ1n) is 4.83. The zero-order valence-electron chi connectivity index (χ0n) is 9.35. The van der Waals surface area contributed by atoms with Crippen molar-refractivity contribution in [2.45, 2.75) is 6.10 Å². The third-order valence-corrected chi connectivity index (χ3v) is 2.33. The quantitative estimate of drug-likeness (QED) is 0.802. The first-order valence-corrected chi connectivity index (χ1v) is 5.21. The highest BCUT2D eigenvalue weighted by molar-refractivity contribution is 6.33. The van der Waals surface area contributed by atoms with Crippen LogP contribution in [0.1, 0.15) is 0 Å². The third-order valence-electron chi connectivity index (χ3n) is 2.05. The van der Waals surface area contributed by atoms with Crippen molar-refractivity contribution in [1.82, 2.24) is 4.98 Å². The highest BCUT2D eigenvalue weighted by atomic mass is 35.5. The van der Waals surface area contributed by atoms with Gasteiger partial charge in [-0.05, 0) is 6.07 Å². The Morgan fingerprint density at radius 2 is 2.38 bits per heavy atom. The molecule has 0 radical (unpaired) electrons. The van der Waals surface area contributed by atoms with Crippen LogP contribution in [0.5, 0.6) is 0 Å². The van der Waals surface area contributed by atoms with E-state index in [4.69, 9.17) is 22.1 Å². The fourth-order valence-corrected chi connectivity index (χ4v) is 1.69. The van der Waals surface area contributed by atoms with Crippen LogP contribution in [0.15, 0.2) is 12.3 Å². The average molecular weight is 246 g/mol. The van der Waals surface area contributed by atoms with Crippen molar-refractivity contribution in [3.8, 4) is 0 Å². The second kappa shape index (κ2) is 5.89. The van der Waals surface area contributed by atoms with Gasteiger partial charge in [-0.1, -0.05) is 11.6 Å². The maximum Gasteiger partial charge on any atom is 0.147 e. The molecule has 16 heavy (non-hydrogen) atoms. The van der Waals surface area contributed by atoms with E-state index >= 15 is 0 Å². The van der Waals surface area contributed by atoms with Gasteiger partial charge in [0.2, 0.25) is 0 Å². The molecule has 1 heterocycles. The molecule has 3 N–H and O–H groups in total. The summed E-state index contributed by atoms with van der Waals surface area (Å²) >= 11 is 5.99. The number of methoxy groups -OCH3 is 1. The third kappa shape index (κ3) is 3.52. The molecular weight excluding hydrogens is 230 g/mol. The number of hydrogen-bond acceptors (Lipinski definition) is 5. The molecule has 1 atom stereocenters. The van der Waals surface area contributed by atoms with Crippen LogP contribution in [0.4, 0.5) is 11.5 Å². The second-order valence-corrected chi connectivity index (χ2v) is 3.97. The standard InChI is InChI=1S/C10H16ClN3O2/c1-14(5-8(15)6-16-2)10-9(11)3-7(12)4-13-10/h3-4,8,15H,5-6,12H2,1-2H3. The van der Waals surface area contributed by atoms with Crippen LogP contribution in [0, 0.1) is 0 Å². The highest BCUT2D eigenvalue weighted by Crippen LogP contribution is 2.23. The number of nitrogens with zero attached hydrogens (tertiary/aromatic N) is 2. The molecule has 1 aromatic heterocycles. The molecule has 0 aromatic carbocycles. The van der Waals surface area contributed by atoms with Crippen molar-refractivity contribution in [2.24, 2.45) is 0 Å². The molecule has 0 aliphatic carbocycles. The lowest BCUT2D eigenvalue weighted by Gasteiger charge is -2.22. The van der Waals surface area contributed by atoms with E-state index in [0.717, 1.165) is 0 Å². The summed E-state index contributed by atoms with van der Waals surface area (Å²) in [6.45, 7) is 0.668. The Bertz CT molecular complexity index is 349. The van der Waals surface area contributed by atoms with Crippen LogP contribution in [-0.4, -0.2) is 43.5 Å². The number of aliphatic hydroxyl groups excluding tert-OH is 1. The van der Waals surface area contributed by atoms with E-state index in [1.165, 1.54) is 13.3 Å². The summed E-state index contributed by atoms with van der Waals surface area (Å²) in [5, 5.41) is 10.0. The van der Waals surface area contributed by atoms with E-state index in [2.05, 4.69) is 4.98 Å². The number of anilines is 2. The van der Waals surface area contributed by atoms with E-state index in [0.29, 0.717) is 23.1 Å². The zero-order valence-corrected chi connectivity index (χ0v) is 10.1. The van der Waals surface area contributed by atoms with Gasteiger partial charge in [0.05, 0.1) is 29.6 Å². The molecule has 90 valence electrons. The van der Waals surface area contributed by atoms with Crippen molar-refractivity contribution >= 4 is 23.1 Å². The molecular formula is C10H16ClN3O2. The fraction of sp³-hybridized carbons (Fsp3) is 0.500. The summed E-state index contributed by atoms with van der Waals surface area (Å²) in [6.07, 6.45) is 0.950. The molecule has 0 aliphatic heterocycles. The molecule has 0 amide bonds. The van der Waals surface area contributed by atoms with E-state index in [1.54, 1.807) is 18.0 Å². The van der Waals surface area contributed by atoms with E-state index in [9.17, 15) is 5.11 Å². The molecule has 1 rings (SSSR count). The largest absolute Gasteiger partial charge is 0.397 e. The van der Waals surface area contributed by atoms with Gasteiger partial charge in [0.1, 0.15) is 5.82 Å². The van der Waals surface area contributed by atoms with E-state index in [-0.39, 0.29) is 6.61 Å². The predicted molar refractivity (Wildman–Crippen MR) is 64.8 cm³/mol. The van der Waals surface area contributed by atoms with Crippen LogP contribution in [0.25, 0.3) is 0 Å². The summed E-state index contributed by atoms with van der Waals surface area (Å²) in [5.41, 5.74) is 6.06. The maximum atomic E-state index is 9.56. The summed E-state index contributed by atoms with van der Waals surface area (Å²) in [7, 11) is 3.33. The fourth-order valence-electron chi connectivity index (χ4n) is 1.37. The minimum absolute atomic E-state index is 0.275. The molecule has 1 aromatic rings. The Kier molecular flexibility index (Phi) is 4.79. The number of nitrogen functional groups attached to an aromatic ring is 1. The lowest BCUT2D eigenvalue weighted by molar-refractivity contribution is 0.0694. The van der Waals surface area contributed by atoms with Gasteiger partial charge in [0.25, 0.3) is 0 Å². The van der Waals surface area contributed by atoms with Gasteiger partial charge in [-0.15, -0.1) is 0 Å². The molecule has 0 saturated heterocycles. The zero-order chi connectivity index (χ0) is 12.1. The Hall–Kier alpha value is -1.04. The van der Waals surface area contributed by atoms with Crippen molar-refractivity contribution < 1.29 is 9.84 Å². The molecule has 0 bridgehead atoms. The molecule has 0 fully saturated rings. The maximum absolute atomic E-state index is 9.56. The minimum atomic E-state index is -0.578. The summed E-state index contributed by atoms with van der Waals surface area (Å²) in [4.78, 5) is 5.86. The number of ether oxygens (including phenoxy) is 1. The van der Waals surface area contributed by atoms with E-state index < -0.39 is 6.10 Å². The number of nitrogens with two attached hydrogens (primary N) is 1. The highest BCUT2D eigenvalue weighted by Gasteiger charge is 2.12. The van der Waals surface area contributed by atoms with Crippen molar-refractivity contribution in [3.63, 3.8) is 0 Å². The Labute approximate surface area is 99.8 Å². The van der Waals surface area contributed by atoms with Crippen LogP contribution >= 0.6 is 11.6 Å². The van der Waals surface area contributed by atoms with Gasteiger partial charge in [-0.2, -0.15) is 0 Å². The van der Waals surface area contributed by atoms with E-state index in [1.807, 2.05) is 0 Å². The van der Waals surface area contributed by atoms with Gasteiger partial charge < -0.3 is 20.5 Å². The number of aromatic nitrogens is 1. The number of pyridine rings is 1. The number of hydrogen-bond donors (Lipinski definition) is 2. The number of likely N-dealkylation sites (N-methyl/N-ethyl adjacent to an activating group) is 1. The lowest BCUT2D eigenvalue weighted by Crippen LogP contribution is -2.32. The Morgan fingerprint density at radius 3 is 2.94 bits per heavy atom. The van der Waals surface area contributed by atoms with Crippen LogP contribution in [-0.2, 0) is 4.74 Å². The Balaban J connectivity index is 2.69. The molecule has 1 unspecified atom stereocenters. The number of rotatable bonds is 5. The predicted octanol–water partition coefficient (Wildman–Crippen LogP) is 0.761. The van der Waals surface area contributed by atoms with Gasteiger partial charge >= 0.3 is 0 Å². The van der Waals surface area contributed by atoms with Gasteiger partial charge in [0.15, 0.2) is 0 Å². The van der Waals surface area contributed by atoms with Gasteiger partial charge in [0, 0.05) is 20.7 Å². The molecule has 5 nitrogen and oxygen atoms in total. The first-order chi connectivity index (χ1) is 7.54. The second-order valence-electron chi connectivity index (χ2n) is 3.56. The smallest absolute Gasteiger partial charge is 0.147 e. The van der Waals surface area contributed by atoms with Crippen LogP contribution in [0.3, 0.4) is 0 Å². The average Bonchev–Trinajstić information content (AvgIpc) is 2.17. The molecule has 6 heteroatoms. The van der Waals surface area contributed by atoms with Crippen molar-refractivity contribution in [2.75, 3.05) is 37.9 Å². The normalized spacial score (nSPS) is 12.5. The summed E-state index contributed by atoms with van der Waals surface area (Å²) in [5.74, 6) is 0.589. The topological polar surface area (TPSA) is 71.6 Å². The summed E-state index contributed by atoms with van der Waals surface area (Å²) < 4.78 is 4.84. The molecule has 0 spiro atoms. The number of halogens is 1. The number of aliphatic hydroxyl groups is 1. The lowest BCUT2D eigenvalue weighted by atomic mass is 10.3. The van der Waals surface area contributed by atoms with Crippen molar-refractivity contribution in [3.05, 3.63) is 17.3 Å². The SMILES string of the molecule is COCC(O)CN(C)c1ncc(N)cc1Cl. The van der Waals surface area contributed by atoms with Crippen LogP contribution < -0.4 is 10.6 Å². The van der Waals surface area contributed by atoms with Crippen molar-refractivity contribution in [1.29, 1.82) is 0 Å². The monoisotopic (exact) mass is 245 g/mol. The van der Waals surface area contributed by atoms with Gasteiger partial charge in [-0.25, -0.2) is 4.98 Å². The molecule has 0 saturated carbocycles. The summed E-state index contributed by atoms with van der Waals surface area (Å²) in [6, 6.07) is 1.63. The molecule has 0 aliphatic rings.